The van der Waals surface area contributed by atoms with Gasteiger partial charge in [-0.05, 0) is 38.1 Å². The quantitative estimate of drug-likeness (QED) is 0.101. The van der Waals surface area contributed by atoms with Crippen LogP contribution >= 0.6 is 0 Å². The van der Waals surface area contributed by atoms with Crippen LogP contribution in [-0.4, -0.2) is 60.5 Å². The molecular formula is C30H44N4O4Si2. The minimum atomic E-state index is -1.06. The summed E-state index contributed by atoms with van der Waals surface area (Å²) in [7, 11) is -2.10. The van der Waals surface area contributed by atoms with E-state index in [0.29, 0.717) is 24.6 Å². The third-order valence-corrected chi connectivity index (χ3v) is 9.85. The molecule has 0 amide bonds. The third-order valence-electron chi connectivity index (χ3n) is 6.44. The molecule has 0 aliphatic carbocycles. The molecule has 0 saturated carbocycles. The van der Waals surface area contributed by atoms with Crippen LogP contribution in [0, 0.1) is 0 Å². The zero-order chi connectivity index (χ0) is 29.5. The predicted molar refractivity (Wildman–Crippen MR) is 168 cm³/mol. The number of rotatable bonds is 12. The summed E-state index contributed by atoms with van der Waals surface area (Å²) < 4.78 is 15.0. The van der Waals surface area contributed by atoms with Crippen LogP contribution in [0.5, 0.6) is 0 Å². The molecule has 0 saturated heterocycles. The van der Waals surface area contributed by atoms with E-state index in [1.807, 2.05) is 47.3 Å². The van der Waals surface area contributed by atoms with Gasteiger partial charge in [-0.25, -0.2) is 9.36 Å². The summed E-state index contributed by atoms with van der Waals surface area (Å²) in [5.41, 5.74) is 3.20. The lowest BCUT2D eigenvalue weighted by molar-refractivity contribution is 0.0791. The second kappa shape index (κ2) is 13.6. The molecule has 2 aromatic heterocycles. The molecule has 0 radical (unpaired) electrons. The number of aromatic nitrogens is 4. The molecule has 0 spiro atoms. The maximum absolute atomic E-state index is 11.4. The lowest BCUT2D eigenvalue weighted by atomic mass is 10.1. The van der Waals surface area contributed by atoms with Crippen molar-refractivity contribution in [2.45, 2.75) is 78.7 Å². The van der Waals surface area contributed by atoms with Crippen LogP contribution in [0.15, 0.2) is 48.8 Å². The highest BCUT2D eigenvalue weighted by atomic mass is 28.3. The number of fused-ring (bicyclic) bond motifs is 2. The van der Waals surface area contributed by atoms with E-state index in [1.54, 1.807) is 24.7 Å². The van der Waals surface area contributed by atoms with Gasteiger partial charge in [0.15, 0.2) is 11.6 Å². The number of carbonyl (C=O) groups is 2. The number of hydrogen-bond acceptors (Lipinski definition) is 6. The maximum atomic E-state index is 11.4. The van der Waals surface area contributed by atoms with Crippen molar-refractivity contribution < 1.29 is 19.1 Å². The van der Waals surface area contributed by atoms with Crippen molar-refractivity contribution in [1.82, 2.24) is 19.6 Å². The summed E-state index contributed by atoms with van der Waals surface area (Å²) in [6, 6.07) is 13.5. The Morgan fingerprint density at radius 1 is 0.775 bits per heavy atom. The molecule has 0 unspecified atom stereocenters. The first-order valence-corrected chi connectivity index (χ1v) is 21.2. The van der Waals surface area contributed by atoms with Crippen LogP contribution in [0.1, 0.15) is 34.6 Å². The van der Waals surface area contributed by atoms with E-state index in [1.165, 1.54) is 0 Å². The molecule has 0 fully saturated rings. The van der Waals surface area contributed by atoms with Gasteiger partial charge in [0.2, 0.25) is 0 Å². The zero-order valence-electron chi connectivity index (χ0n) is 25.3. The molecule has 4 rings (SSSR count). The average molecular weight is 581 g/mol. The molecule has 4 aromatic rings. The standard InChI is InChI=1S/2C15H22N2O2Si/c1-12(18)13-5-6-14-10-17(16-15(14)9-13)11-19-7-8-20(2,3)4;1-12(18)13-5-6-14-10-16-17(15(14)9-13)11-19-7-8-20(2,3)4/h2*5-6,9-10H,7-8,11H2,1-4H3. The van der Waals surface area contributed by atoms with Gasteiger partial charge in [0.25, 0.3) is 0 Å². The van der Waals surface area contributed by atoms with E-state index in [2.05, 4.69) is 49.5 Å². The fourth-order valence-corrected chi connectivity index (χ4v) is 5.32. The Kier molecular flexibility index (Phi) is 10.8. The van der Waals surface area contributed by atoms with Crippen molar-refractivity contribution >= 4 is 49.5 Å². The smallest absolute Gasteiger partial charge is 0.159 e. The van der Waals surface area contributed by atoms with Crippen molar-refractivity contribution in [1.29, 1.82) is 0 Å². The summed E-state index contributed by atoms with van der Waals surface area (Å²) in [6.07, 6.45) is 3.76. The summed E-state index contributed by atoms with van der Waals surface area (Å²) >= 11 is 0. The first-order chi connectivity index (χ1) is 18.7. The molecule has 0 N–H and O–H groups in total. The maximum Gasteiger partial charge on any atom is 0.159 e. The second-order valence-corrected chi connectivity index (χ2v) is 23.9. The van der Waals surface area contributed by atoms with Gasteiger partial charge in [-0.15, -0.1) is 0 Å². The Bertz CT molecular complexity index is 1440. The van der Waals surface area contributed by atoms with Crippen molar-refractivity contribution in [2.75, 3.05) is 13.2 Å². The zero-order valence-corrected chi connectivity index (χ0v) is 27.3. The number of nitrogens with zero attached hydrogens (tertiary/aromatic N) is 4. The fourth-order valence-electron chi connectivity index (χ4n) is 3.81. The number of Topliss-reactive ketones (excluding diaryl/α,β-unsaturated/α-hetero) is 2. The van der Waals surface area contributed by atoms with Crippen molar-refractivity contribution in [3.8, 4) is 0 Å². The number of ether oxygens (including phenoxy) is 2. The number of carbonyl (C=O) groups excluding carboxylic acids is 2. The molecular weight excluding hydrogens is 537 g/mol. The van der Waals surface area contributed by atoms with E-state index < -0.39 is 16.1 Å². The topological polar surface area (TPSA) is 88.2 Å². The Labute approximate surface area is 239 Å². The van der Waals surface area contributed by atoms with Gasteiger partial charge in [0.1, 0.15) is 13.5 Å². The molecule has 0 atom stereocenters. The van der Waals surface area contributed by atoms with Crippen molar-refractivity contribution in [2.24, 2.45) is 0 Å². The highest BCUT2D eigenvalue weighted by molar-refractivity contribution is 6.76. The van der Waals surface area contributed by atoms with Gasteiger partial charge in [-0.2, -0.15) is 10.2 Å². The van der Waals surface area contributed by atoms with E-state index in [0.717, 1.165) is 47.1 Å². The molecule has 8 nitrogen and oxygen atoms in total. The summed E-state index contributed by atoms with van der Waals surface area (Å²) in [5, 5.41) is 10.8. The summed E-state index contributed by atoms with van der Waals surface area (Å²) in [4.78, 5) is 22.8. The van der Waals surface area contributed by atoms with Crippen LogP contribution in [0.25, 0.3) is 21.8 Å². The number of hydrogen-bond donors (Lipinski definition) is 0. The summed E-state index contributed by atoms with van der Waals surface area (Å²) in [6.45, 7) is 19.6. The normalized spacial score (nSPS) is 12.0. The molecule has 0 aliphatic heterocycles. The van der Waals surface area contributed by atoms with Crippen LogP contribution in [0.3, 0.4) is 0 Å². The van der Waals surface area contributed by atoms with Gasteiger partial charge >= 0.3 is 0 Å². The lowest BCUT2D eigenvalue weighted by Crippen LogP contribution is -2.22. The summed E-state index contributed by atoms with van der Waals surface area (Å²) in [5.74, 6) is 0.132. The SMILES string of the molecule is CC(=O)c1ccc2cn(COCC[Si](C)(C)C)nc2c1.CC(=O)c1ccc2cnn(COCC[Si](C)(C)C)c2c1. The molecule has 2 aromatic carbocycles. The van der Waals surface area contributed by atoms with Crippen LogP contribution in [-0.2, 0) is 22.9 Å². The van der Waals surface area contributed by atoms with Gasteiger partial charge in [-0.3, -0.25) is 9.59 Å². The number of ketones is 2. The predicted octanol–water partition coefficient (Wildman–Crippen LogP) is 7.10. The number of benzene rings is 2. The van der Waals surface area contributed by atoms with Crippen LogP contribution < -0.4 is 0 Å². The van der Waals surface area contributed by atoms with E-state index in [-0.39, 0.29) is 11.6 Å². The minimum absolute atomic E-state index is 0.0628. The van der Waals surface area contributed by atoms with Crippen LogP contribution in [0.2, 0.25) is 51.4 Å². The first-order valence-electron chi connectivity index (χ1n) is 13.8. The van der Waals surface area contributed by atoms with E-state index >= 15 is 0 Å². The monoisotopic (exact) mass is 580 g/mol. The third kappa shape index (κ3) is 9.92. The van der Waals surface area contributed by atoms with Gasteiger partial charge in [0.05, 0.1) is 17.2 Å². The first kappa shape index (κ1) is 31.6. The molecule has 40 heavy (non-hydrogen) atoms. The fraction of sp³-hybridized carbons (Fsp3) is 0.467. The molecule has 10 heteroatoms. The molecule has 0 bridgehead atoms. The molecule has 216 valence electrons. The van der Waals surface area contributed by atoms with Crippen LogP contribution in [0.4, 0.5) is 0 Å². The van der Waals surface area contributed by atoms with E-state index in [9.17, 15) is 9.59 Å². The largest absolute Gasteiger partial charge is 0.360 e. The highest BCUT2D eigenvalue weighted by Gasteiger charge is 2.13. The Hall–Kier alpha value is -2.93. The average Bonchev–Trinajstić information content (AvgIpc) is 3.46. The van der Waals surface area contributed by atoms with Gasteiger partial charge in [0, 0.05) is 57.5 Å². The Morgan fingerprint density at radius 2 is 1.32 bits per heavy atom. The molecule has 0 aliphatic rings. The Balaban J connectivity index is 0.000000220. The minimum Gasteiger partial charge on any atom is -0.360 e. The van der Waals surface area contributed by atoms with Gasteiger partial charge in [-0.1, -0.05) is 63.5 Å². The highest BCUT2D eigenvalue weighted by Crippen LogP contribution is 2.17. The van der Waals surface area contributed by atoms with Crippen molar-refractivity contribution in [3.63, 3.8) is 0 Å². The second-order valence-electron chi connectivity index (χ2n) is 12.7. The molecule has 2 heterocycles. The van der Waals surface area contributed by atoms with Gasteiger partial charge < -0.3 is 9.47 Å². The van der Waals surface area contributed by atoms with Crippen molar-refractivity contribution in [3.05, 3.63) is 59.9 Å². The lowest BCUT2D eigenvalue weighted by Gasteiger charge is -2.15. The Morgan fingerprint density at radius 3 is 1.90 bits per heavy atom. The van der Waals surface area contributed by atoms with E-state index in [4.69, 9.17) is 9.47 Å².